The van der Waals surface area contributed by atoms with E-state index >= 15 is 0 Å². The van der Waals surface area contributed by atoms with E-state index in [0.717, 1.165) is 21.7 Å². The maximum Gasteiger partial charge on any atom is 0.347 e. The van der Waals surface area contributed by atoms with E-state index in [0.29, 0.717) is 5.58 Å². The van der Waals surface area contributed by atoms with Crippen LogP contribution in [-0.2, 0) is 10.0 Å². The highest BCUT2D eigenvalue weighted by atomic mass is 32.2. The van der Waals surface area contributed by atoms with Crippen molar-refractivity contribution in [3.05, 3.63) is 88.3 Å². The molecule has 0 unspecified atom stereocenters. The quantitative estimate of drug-likeness (QED) is 0.164. The van der Waals surface area contributed by atoms with Crippen LogP contribution < -0.4 is 5.63 Å². The van der Waals surface area contributed by atoms with Crippen molar-refractivity contribution in [2.75, 3.05) is 0 Å². The zero-order valence-electron chi connectivity index (χ0n) is 19.9. The molecule has 34 heavy (non-hydrogen) atoms. The smallest absolute Gasteiger partial charge is 0.347 e. The molecule has 1 aromatic heterocycles. The van der Waals surface area contributed by atoms with Gasteiger partial charge in [0.2, 0.25) is 0 Å². The number of amidine groups is 1. The Kier molecular flexibility index (Phi) is 6.32. The van der Waals surface area contributed by atoms with Crippen LogP contribution in [-0.4, -0.2) is 31.2 Å². The van der Waals surface area contributed by atoms with Crippen LogP contribution >= 0.6 is 0 Å². The predicted octanol–water partition coefficient (Wildman–Crippen LogP) is 5.51. The zero-order valence-corrected chi connectivity index (χ0v) is 20.8. The lowest BCUT2D eigenvalue weighted by molar-refractivity contribution is 0.292. The summed E-state index contributed by atoms with van der Waals surface area (Å²) in [5, 5.41) is 2.62. The Labute approximate surface area is 199 Å². The monoisotopic (exact) mass is 476 g/mol. The summed E-state index contributed by atoms with van der Waals surface area (Å²) in [6.07, 6.45) is 0. The minimum Gasteiger partial charge on any atom is -0.422 e. The number of benzene rings is 3. The van der Waals surface area contributed by atoms with Gasteiger partial charge >= 0.3 is 5.63 Å². The fraction of sp³-hybridized carbons (Fsp3) is 0.259. The van der Waals surface area contributed by atoms with Crippen molar-refractivity contribution in [3.63, 3.8) is 0 Å². The Balaban J connectivity index is 2.03. The van der Waals surface area contributed by atoms with Gasteiger partial charge in [-0.25, -0.2) is 4.79 Å². The number of rotatable bonds is 5. The molecule has 0 N–H and O–H groups in total. The average molecular weight is 477 g/mol. The van der Waals surface area contributed by atoms with Gasteiger partial charge in [0.05, 0.1) is 4.90 Å². The maximum atomic E-state index is 13.3. The molecule has 4 aromatic rings. The topological polar surface area (TPSA) is 80.0 Å². The molecule has 0 saturated heterocycles. The summed E-state index contributed by atoms with van der Waals surface area (Å²) in [5.74, 6) is 0.0779. The molecule has 0 bridgehead atoms. The minimum absolute atomic E-state index is 0.0682. The molecule has 4 rings (SSSR count). The first kappa shape index (κ1) is 23.7. The van der Waals surface area contributed by atoms with Gasteiger partial charge in [-0.1, -0.05) is 48.0 Å². The van der Waals surface area contributed by atoms with Gasteiger partial charge in [-0.2, -0.15) is 8.42 Å². The van der Waals surface area contributed by atoms with Crippen molar-refractivity contribution in [2.24, 2.45) is 4.40 Å². The zero-order chi connectivity index (χ0) is 24.6. The minimum atomic E-state index is -4.08. The molecule has 6 nitrogen and oxygen atoms in total. The lowest BCUT2D eigenvalue weighted by Crippen LogP contribution is -2.44. The van der Waals surface area contributed by atoms with Crippen molar-refractivity contribution in [2.45, 2.75) is 51.6 Å². The van der Waals surface area contributed by atoms with Crippen LogP contribution in [0.3, 0.4) is 0 Å². The molecule has 0 saturated carbocycles. The van der Waals surface area contributed by atoms with Crippen LogP contribution in [0.1, 0.15) is 38.8 Å². The molecular weight excluding hydrogens is 448 g/mol. The normalized spacial score (nSPS) is 12.7. The maximum absolute atomic E-state index is 13.3. The van der Waals surface area contributed by atoms with Crippen LogP contribution in [0.4, 0.5) is 0 Å². The van der Waals surface area contributed by atoms with E-state index in [2.05, 4.69) is 4.40 Å². The lowest BCUT2D eigenvalue weighted by Gasteiger charge is -2.33. The second-order valence-electron chi connectivity index (χ2n) is 8.94. The first-order valence-corrected chi connectivity index (χ1v) is 12.7. The molecular formula is C27H28N2O4S. The van der Waals surface area contributed by atoms with E-state index in [-0.39, 0.29) is 28.4 Å². The first-order valence-electron chi connectivity index (χ1n) is 11.2. The third-order valence-corrected chi connectivity index (χ3v) is 7.05. The Bertz CT molecular complexity index is 1540. The fourth-order valence-electron chi connectivity index (χ4n) is 4.23. The highest BCUT2D eigenvalue weighted by Gasteiger charge is 2.27. The van der Waals surface area contributed by atoms with Crippen LogP contribution in [0.5, 0.6) is 0 Å². The summed E-state index contributed by atoms with van der Waals surface area (Å²) in [5.41, 5.74) is 0.860. The lowest BCUT2D eigenvalue weighted by atomic mass is 10.0. The standard InChI is InChI=1S/C27H28N2O4S/c1-17(2)29(18(3)4)26(28-34(31,32)21-13-10-19(5)11-14-21)24-16-23-22-9-7-6-8-20(22)12-15-25(23)33-27(24)30/h6-18H,1-5H3/b28-26+. The SMILES string of the molecule is Cc1ccc(S(=O)(=O)/N=C(\c2cc3c(ccc4ccccc43)oc2=O)N(C(C)C)C(C)C)cc1. The van der Waals surface area contributed by atoms with Gasteiger partial charge < -0.3 is 9.32 Å². The van der Waals surface area contributed by atoms with Gasteiger partial charge in [-0.05, 0) is 69.7 Å². The summed E-state index contributed by atoms with van der Waals surface area (Å²) in [6.45, 7) is 9.63. The summed E-state index contributed by atoms with van der Waals surface area (Å²) < 4.78 is 36.5. The Morgan fingerprint density at radius 1 is 0.882 bits per heavy atom. The highest BCUT2D eigenvalue weighted by Crippen LogP contribution is 2.26. The molecule has 0 fully saturated rings. The summed E-state index contributed by atoms with van der Waals surface area (Å²) in [4.78, 5) is 15.1. The molecule has 0 amide bonds. The first-order chi connectivity index (χ1) is 16.1. The molecule has 0 aliphatic heterocycles. The van der Waals surface area contributed by atoms with Gasteiger partial charge in [-0.3, -0.25) is 0 Å². The van der Waals surface area contributed by atoms with Crippen molar-refractivity contribution in [3.8, 4) is 0 Å². The third kappa shape index (κ3) is 4.48. The molecule has 7 heteroatoms. The van der Waals surface area contributed by atoms with Gasteiger partial charge in [0.25, 0.3) is 10.0 Å². The predicted molar refractivity (Wildman–Crippen MR) is 137 cm³/mol. The fourth-order valence-corrected chi connectivity index (χ4v) is 5.23. The van der Waals surface area contributed by atoms with Crippen molar-refractivity contribution in [1.82, 2.24) is 4.90 Å². The molecule has 176 valence electrons. The van der Waals surface area contributed by atoms with Crippen molar-refractivity contribution >= 4 is 37.6 Å². The number of sulfonamides is 1. The number of hydrogen-bond donors (Lipinski definition) is 0. The average Bonchev–Trinajstić information content (AvgIpc) is 2.77. The van der Waals surface area contributed by atoms with Crippen LogP contribution in [0.25, 0.3) is 21.7 Å². The van der Waals surface area contributed by atoms with Crippen LogP contribution in [0.2, 0.25) is 0 Å². The third-order valence-electron chi connectivity index (χ3n) is 5.77. The van der Waals surface area contributed by atoms with Crippen molar-refractivity contribution < 1.29 is 12.8 Å². The second-order valence-corrected chi connectivity index (χ2v) is 10.5. The molecule has 1 heterocycles. The van der Waals surface area contributed by atoms with E-state index in [1.165, 1.54) is 12.1 Å². The molecule has 0 aliphatic rings. The molecule has 0 spiro atoms. The Hall–Kier alpha value is -3.45. The van der Waals surface area contributed by atoms with Gasteiger partial charge in [-0.15, -0.1) is 4.40 Å². The summed E-state index contributed by atoms with van der Waals surface area (Å²) >= 11 is 0. The van der Waals surface area contributed by atoms with E-state index < -0.39 is 15.6 Å². The largest absolute Gasteiger partial charge is 0.422 e. The molecule has 0 atom stereocenters. The second kappa shape index (κ2) is 9.06. The number of hydrogen-bond acceptors (Lipinski definition) is 4. The van der Waals surface area contributed by atoms with Gasteiger partial charge in [0, 0.05) is 17.5 Å². The van der Waals surface area contributed by atoms with E-state index in [1.54, 1.807) is 24.3 Å². The Morgan fingerprint density at radius 3 is 2.18 bits per heavy atom. The molecule has 0 aliphatic carbocycles. The van der Waals surface area contributed by atoms with E-state index in [4.69, 9.17) is 4.42 Å². The molecule has 3 aromatic carbocycles. The van der Waals surface area contributed by atoms with Gasteiger partial charge in [0.1, 0.15) is 11.1 Å². The summed E-state index contributed by atoms with van der Waals surface area (Å²) in [6, 6.07) is 19.4. The summed E-state index contributed by atoms with van der Waals surface area (Å²) in [7, 11) is -4.08. The highest BCUT2D eigenvalue weighted by molar-refractivity contribution is 7.90. The van der Waals surface area contributed by atoms with Crippen LogP contribution in [0, 0.1) is 6.92 Å². The van der Waals surface area contributed by atoms with E-state index in [9.17, 15) is 13.2 Å². The Morgan fingerprint density at radius 2 is 1.53 bits per heavy atom. The number of aryl methyl sites for hydroxylation is 1. The number of nitrogens with zero attached hydrogens (tertiary/aromatic N) is 2. The van der Waals surface area contributed by atoms with Gasteiger partial charge in [0.15, 0.2) is 5.84 Å². The van der Waals surface area contributed by atoms with E-state index in [1.807, 2.05) is 69.9 Å². The number of fused-ring (bicyclic) bond motifs is 3. The molecule has 0 radical (unpaired) electrons. The van der Waals surface area contributed by atoms with Crippen LogP contribution in [0.15, 0.2) is 85.2 Å². The van der Waals surface area contributed by atoms with Crippen molar-refractivity contribution in [1.29, 1.82) is 0 Å².